The van der Waals surface area contributed by atoms with E-state index in [9.17, 15) is 4.79 Å². The zero-order valence-electron chi connectivity index (χ0n) is 13.0. The van der Waals surface area contributed by atoms with Gasteiger partial charge in [0.15, 0.2) is 0 Å². The molecule has 4 heterocycles. The molecule has 23 heavy (non-hydrogen) atoms. The average Bonchev–Trinajstić information content (AvgIpc) is 3.01. The average molecular weight is 362 g/mol. The van der Waals surface area contributed by atoms with Crippen LogP contribution in [0.15, 0.2) is 0 Å². The Morgan fingerprint density at radius 1 is 1.39 bits per heavy atom. The van der Waals surface area contributed by atoms with Crippen molar-refractivity contribution in [2.45, 2.75) is 43.4 Å². The summed E-state index contributed by atoms with van der Waals surface area (Å²) in [6.07, 6.45) is 4.37. The summed E-state index contributed by atoms with van der Waals surface area (Å²) in [5, 5.41) is 7.94. The predicted octanol–water partition coefficient (Wildman–Crippen LogP) is 1.02. The minimum absolute atomic E-state index is 0. The van der Waals surface area contributed by atoms with E-state index in [-0.39, 0.29) is 35.0 Å². The molecule has 128 valence electrons. The summed E-state index contributed by atoms with van der Waals surface area (Å²) < 4.78 is 7.54. The Labute approximate surface area is 146 Å². The summed E-state index contributed by atoms with van der Waals surface area (Å²) in [4.78, 5) is 18.5. The highest BCUT2D eigenvalue weighted by Crippen LogP contribution is 2.38. The summed E-state index contributed by atoms with van der Waals surface area (Å²) in [7, 11) is 1.68. The monoisotopic (exact) mass is 361 g/mol. The van der Waals surface area contributed by atoms with E-state index in [1.54, 1.807) is 7.05 Å². The van der Waals surface area contributed by atoms with Crippen molar-refractivity contribution in [2.24, 2.45) is 7.05 Å². The van der Waals surface area contributed by atoms with Gasteiger partial charge < -0.3 is 15.0 Å². The van der Waals surface area contributed by atoms with Crippen LogP contribution in [0, 0.1) is 0 Å². The first-order valence-electron chi connectivity index (χ1n) is 7.80. The van der Waals surface area contributed by atoms with Gasteiger partial charge in [-0.3, -0.25) is 4.79 Å². The number of carbonyl (C=O) groups excluding carboxylic acids is 1. The van der Waals surface area contributed by atoms with Crippen molar-refractivity contribution in [2.75, 3.05) is 19.7 Å². The van der Waals surface area contributed by atoms with E-state index in [2.05, 4.69) is 15.4 Å². The maximum Gasteiger partial charge on any atom is 0.293 e. The maximum atomic E-state index is 12.6. The molecule has 1 aromatic heterocycles. The molecule has 0 aliphatic carbocycles. The molecule has 4 rings (SSSR count). The van der Waals surface area contributed by atoms with Crippen LogP contribution in [0.1, 0.15) is 36.3 Å². The summed E-state index contributed by atoms with van der Waals surface area (Å²) in [5.74, 6) is 0.0116. The fourth-order valence-electron chi connectivity index (χ4n) is 4.07. The molecular formula is C14H21Cl2N5O2. The number of nitrogens with zero attached hydrogens (tertiary/aromatic N) is 4. The number of carbonyl (C=O) groups is 1. The van der Waals surface area contributed by atoms with Crippen molar-refractivity contribution in [1.29, 1.82) is 0 Å². The number of nitrogens with one attached hydrogen (secondary N) is 1. The molecule has 1 amide bonds. The molecule has 3 aliphatic rings. The van der Waals surface area contributed by atoms with Gasteiger partial charge >= 0.3 is 0 Å². The van der Waals surface area contributed by atoms with Crippen molar-refractivity contribution in [3.63, 3.8) is 0 Å². The predicted molar refractivity (Wildman–Crippen MR) is 87.0 cm³/mol. The van der Waals surface area contributed by atoms with Gasteiger partial charge in [0.05, 0.1) is 18.8 Å². The minimum Gasteiger partial charge on any atom is -0.371 e. The van der Waals surface area contributed by atoms with Gasteiger partial charge in [-0.25, -0.2) is 4.68 Å². The van der Waals surface area contributed by atoms with E-state index >= 15 is 0 Å². The number of amides is 1. The second kappa shape index (κ2) is 6.20. The molecule has 1 aromatic rings. The highest BCUT2D eigenvalue weighted by Gasteiger charge is 2.47. The number of aromatic nitrogens is 3. The molecular weight excluding hydrogens is 341 g/mol. The third kappa shape index (κ3) is 3.07. The Morgan fingerprint density at radius 3 is 2.70 bits per heavy atom. The van der Waals surface area contributed by atoms with Crippen LogP contribution >= 0.6 is 24.0 Å². The van der Waals surface area contributed by atoms with E-state index in [4.69, 9.17) is 16.3 Å². The molecule has 1 N–H and O–H groups in total. The Hall–Kier alpha value is -0.890. The number of aryl methyl sites for hydroxylation is 1. The van der Waals surface area contributed by atoms with E-state index in [1.807, 2.05) is 4.90 Å². The van der Waals surface area contributed by atoms with E-state index < -0.39 is 0 Å². The molecule has 3 aliphatic heterocycles. The first-order chi connectivity index (χ1) is 10.5. The number of hydrogen-bond acceptors (Lipinski definition) is 5. The Kier molecular flexibility index (Phi) is 4.57. The quantitative estimate of drug-likeness (QED) is 0.808. The second-order valence-corrected chi connectivity index (χ2v) is 6.97. The number of piperidine rings is 1. The van der Waals surface area contributed by atoms with Crippen LogP contribution in [0.3, 0.4) is 0 Å². The van der Waals surface area contributed by atoms with Crippen molar-refractivity contribution in [3.05, 3.63) is 11.1 Å². The first-order valence-corrected chi connectivity index (χ1v) is 8.18. The lowest BCUT2D eigenvalue weighted by Crippen LogP contribution is -2.60. The molecule has 3 atom stereocenters. The zero-order valence-corrected chi connectivity index (χ0v) is 14.6. The zero-order chi connectivity index (χ0) is 15.3. The van der Waals surface area contributed by atoms with Gasteiger partial charge in [-0.15, -0.1) is 17.5 Å². The largest absolute Gasteiger partial charge is 0.371 e. The summed E-state index contributed by atoms with van der Waals surface area (Å²) in [6.45, 7) is 1.78. The summed E-state index contributed by atoms with van der Waals surface area (Å²) >= 11 is 5.89. The minimum atomic E-state index is -0.205. The fraction of sp³-hybridized carbons (Fsp3) is 0.786. The molecule has 1 spiro atoms. The third-order valence-corrected chi connectivity index (χ3v) is 5.34. The Morgan fingerprint density at radius 2 is 2.09 bits per heavy atom. The number of fused-ring (bicyclic) bond motifs is 2. The van der Waals surface area contributed by atoms with E-state index in [0.29, 0.717) is 31.8 Å². The molecule has 0 radical (unpaired) electrons. The molecule has 0 aromatic carbocycles. The number of halogens is 2. The number of rotatable bonds is 1. The lowest BCUT2D eigenvalue weighted by atomic mass is 9.85. The van der Waals surface area contributed by atoms with Crippen molar-refractivity contribution in [3.8, 4) is 0 Å². The van der Waals surface area contributed by atoms with Crippen molar-refractivity contribution >= 4 is 29.9 Å². The van der Waals surface area contributed by atoms with Crippen LogP contribution in [0.2, 0.25) is 5.28 Å². The van der Waals surface area contributed by atoms with Crippen molar-refractivity contribution in [1.82, 2.24) is 25.0 Å². The standard InChI is InChI=1S/C14H20ClN5O2.ClH/c1-19-13(15)17-11(18-19)12(21)20-4-5-22-14(8-20)6-9-2-3-10(7-14)16-9;/h9-10,16H,2-8H2,1H3;1H/t9-,10+,14?;. The van der Waals surface area contributed by atoms with Crippen LogP contribution in [0.5, 0.6) is 0 Å². The molecule has 9 heteroatoms. The van der Waals surface area contributed by atoms with Gasteiger partial charge in [-0.05, 0) is 37.3 Å². The SMILES string of the molecule is Cl.Cn1nc(C(=O)N2CCOC3(C[C@H]4CC[C@@H](C3)N4)C2)nc1Cl. The van der Waals surface area contributed by atoms with Gasteiger partial charge in [-0.2, -0.15) is 4.98 Å². The van der Waals surface area contributed by atoms with Crippen LogP contribution < -0.4 is 5.32 Å². The van der Waals surface area contributed by atoms with Gasteiger partial charge in [0.1, 0.15) is 0 Å². The highest BCUT2D eigenvalue weighted by atomic mass is 35.5. The third-order valence-electron chi connectivity index (χ3n) is 5.01. The summed E-state index contributed by atoms with van der Waals surface area (Å²) in [6, 6.07) is 1.05. The molecule has 3 fully saturated rings. The molecule has 3 saturated heterocycles. The second-order valence-electron chi connectivity index (χ2n) is 6.63. The van der Waals surface area contributed by atoms with Crippen molar-refractivity contribution < 1.29 is 9.53 Å². The maximum absolute atomic E-state index is 12.6. The Bertz CT molecular complexity index is 576. The highest BCUT2D eigenvalue weighted by molar-refractivity contribution is 6.28. The van der Waals surface area contributed by atoms with Crippen LogP contribution in [-0.2, 0) is 11.8 Å². The fourth-order valence-corrected chi connectivity index (χ4v) is 4.19. The number of morpholine rings is 1. The molecule has 0 saturated carbocycles. The van der Waals surface area contributed by atoms with E-state index in [0.717, 1.165) is 12.8 Å². The van der Waals surface area contributed by atoms with Gasteiger partial charge in [-0.1, -0.05) is 0 Å². The topological polar surface area (TPSA) is 72.3 Å². The molecule has 2 bridgehead atoms. The smallest absolute Gasteiger partial charge is 0.293 e. The molecule has 7 nitrogen and oxygen atoms in total. The molecule has 1 unspecified atom stereocenters. The van der Waals surface area contributed by atoms with Gasteiger partial charge in [0, 0.05) is 25.7 Å². The number of ether oxygens (including phenoxy) is 1. The summed E-state index contributed by atoms with van der Waals surface area (Å²) in [5.41, 5.74) is -0.205. The van der Waals surface area contributed by atoms with Crippen LogP contribution in [-0.4, -0.2) is 63.0 Å². The van der Waals surface area contributed by atoms with Gasteiger partial charge in [0.25, 0.3) is 5.91 Å². The normalized spacial score (nSPS) is 32.9. The Balaban J connectivity index is 0.00000156. The number of hydrogen-bond donors (Lipinski definition) is 1. The van der Waals surface area contributed by atoms with Crippen LogP contribution in [0.25, 0.3) is 0 Å². The lowest BCUT2D eigenvalue weighted by molar-refractivity contribution is -0.122. The first kappa shape index (κ1) is 17.0. The van der Waals surface area contributed by atoms with E-state index in [1.165, 1.54) is 17.5 Å². The van der Waals surface area contributed by atoms with Gasteiger partial charge in [0.2, 0.25) is 11.1 Å². The lowest BCUT2D eigenvalue weighted by Gasteiger charge is -2.47. The van der Waals surface area contributed by atoms with Crippen LogP contribution in [0.4, 0.5) is 0 Å².